The number of aliphatic carboxylic acids is 1. The molecule has 1 amide bonds. The maximum Gasteiger partial charge on any atom is 0.312 e. The number of piperidine rings is 1. The van der Waals surface area contributed by atoms with E-state index < -0.39 is 11.9 Å². The summed E-state index contributed by atoms with van der Waals surface area (Å²) >= 11 is 0. The van der Waals surface area contributed by atoms with Crippen LogP contribution in [0.2, 0.25) is 0 Å². The number of amides is 1. The Morgan fingerprint density at radius 2 is 1.82 bits per heavy atom. The summed E-state index contributed by atoms with van der Waals surface area (Å²) in [5.41, 5.74) is 8.17. The zero-order valence-electron chi connectivity index (χ0n) is 19.2. The lowest BCUT2D eigenvalue weighted by atomic mass is 9.90. The summed E-state index contributed by atoms with van der Waals surface area (Å²) in [6, 6.07) is 13.9. The first kappa shape index (κ1) is 23.5. The molecule has 0 bridgehead atoms. The van der Waals surface area contributed by atoms with Crippen LogP contribution < -0.4 is 5.73 Å². The molecule has 4 rings (SSSR count). The predicted octanol–water partition coefficient (Wildman–Crippen LogP) is 3.14. The minimum atomic E-state index is -0.967. The van der Waals surface area contributed by atoms with Crippen molar-refractivity contribution in [3.05, 3.63) is 78.0 Å². The van der Waals surface area contributed by atoms with E-state index in [2.05, 4.69) is 34.2 Å². The quantitative estimate of drug-likeness (QED) is 0.506. The predicted molar refractivity (Wildman–Crippen MR) is 129 cm³/mol. The summed E-state index contributed by atoms with van der Waals surface area (Å²) in [6.07, 6.45) is 9.30. The van der Waals surface area contributed by atoms with Crippen LogP contribution in [-0.4, -0.2) is 49.5 Å². The van der Waals surface area contributed by atoms with Crippen molar-refractivity contribution in [3.63, 3.8) is 0 Å². The second kappa shape index (κ2) is 11.0. The van der Waals surface area contributed by atoms with E-state index in [9.17, 15) is 14.7 Å². The van der Waals surface area contributed by atoms with Crippen LogP contribution in [0.25, 0.3) is 0 Å². The highest BCUT2D eigenvalue weighted by molar-refractivity contribution is 5.77. The highest BCUT2D eigenvalue weighted by atomic mass is 16.4. The van der Waals surface area contributed by atoms with Crippen molar-refractivity contribution in [2.24, 2.45) is 5.92 Å². The molecule has 0 saturated carbocycles. The van der Waals surface area contributed by atoms with Crippen molar-refractivity contribution in [3.8, 4) is 0 Å². The van der Waals surface area contributed by atoms with Crippen molar-refractivity contribution in [2.45, 2.75) is 44.6 Å². The minimum absolute atomic E-state index is 0.0417. The van der Waals surface area contributed by atoms with E-state index in [1.165, 1.54) is 11.9 Å². The number of anilines is 1. The molecule has 3 aromatic rings. The van der Waals surface area contributed by atoms with Gasteiger partial charge in [0.05, 0.1) is 12.0 Å². The van der Waals surface area contributed by atoms with Gasteiger partial charge in [-0.1, -0.05) is 36.4 Å². The lowest BCUT2D eigenvalue weighted by molar-refractivity contribution is -0.139. The molecule has 1 aliphatic rings. The minimum Gasteiger partial charge on any atom is -0.481 e. The molecule has 0 radical (unpaired) electrons. The van der Waals surface area contributed by atoms with Crippen LogP contribution in [0.4, 0.5) is 5.82 Å². The first-order valence-corrected chi connectivity index (χ1v) is 11.7. The Bertz CT molecular complexity index is 1090. The van der Waals surface area contributed by atoms with E-state index in [1.807, 2.05) is 11.0 Å². The number of carboxylic acids is 1. The average Bonchev–Trinajstić information content (AvgIpc) is 3.31. The first-order valence-electron chi connectivity index (χ1n) is 11.7. The van der Waals surface area contributed by atoms with Gasteiger partial charge in [0, 0.05) is 25.5 Å². The summed E-state index contributed by atoms with van der Waals surface area (Å²) in [5, 5.41) is 9.71. The molecule has 1 aliphatic heterocycles. The molecule has 3 heterocycles. The van der Waals surface area contributed by atoms with Gasteiger partial charge in [-0.05, 0) is 55.2 Å². The van der Waals surface area contributed by atoms with Crippen molar-refractivity contribution < 1.29 is 14.7 Å². The topological polar surface area (TPSA) is 114 Å². The molecule has 0 spiro atoms. The van der Waals surface area contributed by atoms with Crippen molar-refractivity contribution in [1.82, 2.24) is 19.4 Å². The second-order valence-electron chi connectivity index (χ2n) is 9.01. The van der Waals surface area contributed by atoms with Crippen molar-refractivity contribution >= 4 is 17.7 Å². The fourth-order valence-corrected chi connectivity index (χ4v) is 4.50. The molecule has 0 aliphatic carbocycles. The Kier molecular flexibility index (Phi) is 7.57. The van der Waals surface area contributed by atoms with Gasteiger partial charge in [-0.2, -0.15) is 0 Å². The molecule has 2 aromatic heterocycles. The number of rotatable bonds is 9. The number of benzene rings is 1. The number of hydrogen-bond acceptors (Lipinski definition) is 5. The van der Waals surface area contributed by atoms with E-state index >= 15 is 0 Å². The molecule has 8 heteroatoms. The van der Waals surface area contributed by atoms with Gasteiger partial charge in [-0.3, -0.25) is 9.59 Å². The molecule has 1 saturated heterocycles. The Hall–Kier alpha value is -3.68. The van der Waals surface area contributed by atoms with E-state index in [1.54, 1.807) is 29.1 Å². The third kappa shape index (κ3) is 6.21. The third-order valence-electron chi connectivity index (χ3n) is 6.56. The Labute approximate surface area is 199 Å². The van der Waals surface area contributed by atoms with Gasteiger partial charge in [0.25, 0.3) is 0 Å². The zero-order chi connectivity index (χ0) is 23.9. The second-order valence-corrected chi connectivity index (χ2v) is 9.01. The molecule has 3 N–H and O–H groups in total. The lowest BCUT2D eigenvalue weighted by Gasteiger charge is -2.32. The van der Waals surface area contributed by atoms with Crippen LogP contribution in [0.1, 0.15) is 42.0 Å². The summed E-state index contributed by atoms with van der Waals surface area (Å²) in [5.74, 6) is -0.713. The molecule has 8 nitrogen and oxygen atoms in total. The van der Waals surface area contributed by atoms with Crippen LogP contribution in [0.3, 0.4) is 0 Å². The number of imidazole rings is 1. The fraction of sp³-hybridized carbons (Fsp3) is 0.385. The molecule has 178 valence electrons. The summed E-state index contributed by atoms with van der Waals surface area (Å²) < 4.78 is 1.68. The number of carboxylic acid groups (broad SMARTS) is 1. The standard InChI is InChI=1S/C26H31N5O3/c27-24-9-8-21(15-28-24)14-22(26(33)34)23-16-30(18-29-23)17-25(32)31-12-10-20(11-13-31)7-6-19-4-2-1-3-5-19/h1-5,8-9,15-16,18,20,22H,6-7,10-14,17H2,(H2,27,28)(H,33,34)/t22-/m1/s1. The van der Waals surface area contributed by atoms with Gasteiger partial charge >= 0.3 is 5.97 Å². The number of carbonyl (C=O) groups is 2. The van der Waals surface area contributed by atoms with Gasteiger partial charge in [0.2, 0.25) is 5.91 Å². The molecule has 1 fully saturated rings. The van der Waals surface area contributed by atoms with E-state index in [-0.39, 0.29) is 18.9 Å². The molecule has 1 atom stereocenters. The summed E-state index contributed by atoms with van der Waals surface area (Å²) in [6.45, 7) is 1.70. The van der Waals surface area contributed by atoms with Crippen LogP contribution in [0.5, 0.6) is 0 Å². The Balaban J connectivity index is 1.28. The van der Waals surface area contributed by atoms with E-state index in [0.717, 1.165) is 44.3 Å². The lowest BCUT2D eigenvalue weighted by Crippen LogP contribution is -2.40. The maximum absolute atomic E-state index is 12.8. The number of likely N-dealkylation sites (tertiary alicyclic amines) is 1. The largest absolute Gasteiger partial charge is 0.481 e. The number of carbonyl (C=O) groups excluding carboxylic acids is 1. The third-order valence-corrected chi connectivity index (χ3v) is 6.56. The van der Waals surface area contributed by atoms with E-state index in [0.29, 0.717) is 17.4 Å². The van der Waals surface area contributed by atoms with Crippen LogP contribution in [-0.2, 0) is 29.0 Å². The summed E-state index contributed by atoms with van der Waals surface area (Å²) in [7, 11) is 0. The molecular formula is C26H31N5O3. The highest BCUT2D eigenvalue weighted by Crippen LogP contribution is 2.23. The maximum atomic E-state index is 12.8. The van der Waals surface area contributed by atoms with Crippen molar-refractivity contribution in [2.75, 3.05) is 18.8 Å². The van der Waals surface area contributed by atoms with Gasteiger partial charge < -0.3 is 20.3 Å². The van der Waals surface area contributed by atoms with Gasteiger partial charge in [-0.25, -0.2) is 9.97 Å². The van der Waals surface area contributed by atoms with Gasteiger partial charge in [0.1, 0.15) is 18.3 Å². The summed E-state index contributed by atoms with van der Waals surface area (Å²) in [4.78, 5) is 34.9. The monoisotopic (exact) mass is 461 g/mol. The number of nitrogen functional groups attached to an aromatic ring is 1. The normalized spacial score (nSPS) is 15.2. The van der Waals surface area contributed by atoms with Crippen LogP contribution in [0, 0.1) is 5.92 Å². The molecule has 34 heavy (non-hydrogen) atoms. The number of nitrogens with two attached hydrogens (primary N) is 1. The molecule has 0 unspecified atom stereocenters. The number of hydrogen-bond donors (Lipinski definition) is 2. The molecular weight excluding hydrogens is 430 g/mol. The van der Waals surface area contributed by atoms with Crippen LogP contribution in [0.15, 0.2) is 61.2 Å². The smallest absolute Gasteiger partial charge is 0.312 e. The first-order chi connectivity index (χ1) is 16.5. The fourth-order valence-electron chi connectivity index (χ4n) is 4.50. The number of pyridine rings is 1. The Morgan fingerprint density at radius 1 is 1.06 bits per heavy atom. The average molecular weight is 462 g/mol. The Morgan fingerprint density at radius 3 is 2.50 bits per heavy atom. The number of aryl methyl sites for hydroxylation is 1. The van der Waals surface area contributed by atoms with Gasteiger partial charge in [-0.15, -0.1) is 0 Å². The van der Waals surface area contributed by atoms with Crippen molar-refractivity contribution in [1.29, 1.82) is 0 Å². The molecule has 1 aromatic carbocycles. The van der Waals surface area contributed by atoms with E-state index in [4.69, 9.17) is 5.73 Å². The SMILES string of the molecule is Nc1ccc(C[C@@H](C(=O)O)c2cn(CC(=O)N3CCC(CCc4ccccc4)CC3)cn2)cn1. The number of nitrogens with zero attached hydrogens (tertiary/aromatic N) is 4. The zero-order valence-corrected chi connectivity index (χ0v) is 19.2. The number of aromatic nitrogens is 3. The van der Waals surface area contributed by atoms with Crippen LogP contribution >= 0.6 is 0 Å². The highest BCUT2D eigenvalue weighted by Gasteiger charge is 2.25. The van der Waals surface area contributed by atoms with Gasteiger partial charge in [0.15, 0.2) is 0 Å².